The molecule has 3 rings (SSSR count). The van der Waals surface area contributed by atoms with Gasteiger partial charge in [-0.2, -0.15) is 12.8 Å². The van der Waals surface area contributed by atoms with E-state index in [0.29, 0.717) is 18.4 Å². The molecular weight excluding hydrogens is 383 g/mol. The fraction of sp³-hybridized carbons (Fsp3) is 0.450. The summed E-state index contributed by atoms with van der Waals surface area (Å²) in [6.07, 6.45) is 5.10. The highest BCUT2D eigenvalue weighted by molar-refractivity contribution is 7.85. The molecule has 28 heavy (non-hydrogen) atoms. The summed E-state index contributed by atoms with van der Waals surface area (Å²) in [5.41, 5.74) is 0.956. The molecule has 1 N–H and O–H groups in total. The van der Waals surface area contributed by atoms with Crippen LogP contribution in [0.4, 0.5) is 4.39 Å². The van der Waals surface area contributed by atoms with Crippen molar-refractivity contribution in [1.82, 2.24) is 9.88 Å². The van der Waals surface area contributed by atoms with E-state index in [4.69, 9.17) is 9.29 Å². The average molecular weight is 411 g/mol. The third-order valence-electron chi connectivity index (χ3n) is 4.53. The van der Waals surface area contributed by atoms with E-state index in [-0.39, 0.29) is 4.90 Å². The number of halogens is 1. The zero-order valence-electron chi connectivity index (χ0n) is 16.2. The maximum absolute atomic E-state index is 12.6. The Balaban J connectivity index is 0.000000221. The largest absolute Gasteiger partial charge is 0.490 e. The quantitative estimate of drug-likeness (QED) is 0.554. The number of benzene rings is 1. The number of unbranched alkanes of at least 4 members (excludes halogenated alkanes) is 1. The molecule has 0 bridgehead atoms. The number of hydrogen-bond donors (Lipinski definition) is 1. The lowest BCUT2D eigenvalue weighted by molar-refractivity contribution is 0.0495. The predicted octanol–water partition coefficient (Wildman–Crippen LogP) is 3.72. The number of ether oxygens (including phenoxy) is 1. The molecule has 0 radical (unpaired) electrons. The molecule has 1 saturated heterocycles. The molecule has 1 fully saturated rings. The van der Waals surface area contributed by atoms with Crippen LogP contribution < -0.4 is 4.74 Å². The SMILES string of the molecule is CCCCN1CC[C@@H]1COc1ccc(F)nc1.Cc1ccc(S(=O)(=O)O)cc1. The van der Waals surface area contributed by atoms with E-state index in [2.05, 4.69) is 16.8 Å². The van der Waals surface area contributed by atoms with Gasteiger partial charge in [0, 0.05) is 12.6 Å². The molecule has 0 amide bonds. The first kappa shape index (κ1) is 22.3. The smallest absolute Gasteiger partial charge is 0.294 e. The van der Waals surface area contributed by atoms with Crippen LogP contribution in [0.25, 0.3) is 0 Å². The zero-order chi connectivity index (χ0) is 20.6. The van der Waals surface area contributed by atoms with Gasteiger partial charge in [-0.1, -0.05) is 31.0 Å². The highest BCUT2D eigenvalue weighted by Crippen LogP contribution is 2.19. The Kier molecular flexibility index (Phi) is 8.35. The molecule has 0 saturated carbocycles. The van der Waals surface area contributed by atoms with Crippen molar-refractivity contribution in [3.8, 4) is 5.75 Å². The Morgan fingerprint density at radius 2 is 1.96 bits per heavy atom. The predicted molar refractivity (Wildman–Crippen MR) is 106 cm³/mol. The lowest BCUT2D eigenvalue weighted by atomic mass is 10.0. The summed E-state index contributed by atoms with van der Waals surface area (Å²) in [6, 6.07) is 9.45. The van der Waals surface area contributed by atoms with Gasteiger partial charge in [-0.05, 0) is 50.6 Å². The van der Waals surface area contributed by atoms with Gasteiger partial charge in [0.15, 0.2) is 0 Å². The topological polar surface area (TPSA) is 79.7 Å². The van der Waals surface area contributed by atoms with Crippen LogP contribution in [0.15, 0.2) is 47.5 Å². The van der Waals surface area contributed by atoms with Crippen molar-refractivity contribution in [2.45, 2.75) is 44.0 Å². The Morgan fingerprint density at radius 3 is 2.46 bits per heavy atom. The summed E-state index contributed by atoms with van der Waals surface area (Å²) >= 11 is 0. The van der Waals surface area contributed by atoms with E-state index in [0.717, 1.165) is 12.1 Å². The van der Waals surface area contributed by atoms with E-state index in [1.54, 1.807) is 18.2 Å². The molecule has 2 heterocycles. The zero-order valence-corrected chi connectivity index (χ0v) is 17.0. The Bertz CT molecular complexity index is 826. The minimum atomic E-state index is -4.02. The molecule has 1 aliphatic heterocycles. The number of aryl methyl sites for hydroxylation is 1. The number of pyridine rings is 1. The van der Waals surface area contributed by atoms with Crippen LogP contribution in [0.5, 0.6) is 5.75 Å². The van der Waals surface area contributed by atoms with Gasteiger partial charge in [-0.25, -0.2) is 4.98 Å². The second-order valence-corrected chi connectivity index (χ2v) is 8.17. The van der Waals surface area contributed by atoms with Crippen molar-refractivity contribution in [2.75, 3.05) is 19.7 Å². The van der Waals surface area contributed by atoms with Crippen LogP contribution in [0.2, 0.25) is 0 Å². The van der Waals surface area contributed by atoms with Crippen LogP contribution in [0.1, 0.15) is 31.7 Å². The summed E-state index contributed by atoms with van der Waals surface area (Å²) in [4.78, 5) is 5.94. The van der Waals surface area contributed by atoms with Gasteiger partial charge in [0.2, 0.25) is 5.95 Å². The first-order valence-electron chi connectivity index (χ1n) is 9.32. The van der Waals surface area contributed by atoms with E-state index in [1.807, 2.05) is 6.92 Å². The summed E-state index contributed by atoms with van der Waals surface area (Å²) in [6.45, 7) is 7.06. The van der Waals surface area contributed by atoms with Gasteiger partial charge < -0.3 is 4.74 Å². The Morgan fingerprint density at radius 1 is 1.25 bits per heavy atom. The Hall–Kier alpha value is -2.03. The average Bonchev–Trinajstić information content (AvgIpc) is 2.63. The van der Waals surface area contributed by atoms with Crippen LogP contribution >= 0.6 is 0 Å². The molecule has 6 nitrogen and oxygen atoms in total. The first-order valence-corrected chi connectivity index (χ1v) is 10.8. The van der Waals surface area contributed by atoms with Crippen molar-refractivity contribution < 1.29 is 22.1 Å². The van der Waals surface area contributed by atoms with E-state index in [1.165, 1.54) is 50.2 Å². The normalized spacial score (nSPS) is 16.6. The molecule has 0 aliphatic carbocycles. The van der Waals surface area contributed by atoms with Crippen molar-refractivity contribution in [1.29, 1.82) is 0 Å². The molecule has 0 unspecified atom stereocenters. The fourth-order valence-electron chi connectivity index (χ4n) is 2.69. The van der Waals surface area contributed by atoms with Crippen LogP contribution in [-0.2, 0) is 10.1 Å². The van der Waals surface area contributed by atoms with Crippen molar-refractivity contribution in [2.24, 2.45) is 0 Å². The van der Waals surface area contributed by atoms with Crippen LogP contribution in [0.3, 0.4) is 0 Å². The molecule has 0 spiro atoms. The summed E-state index contributed by atoms with van der Waals surface area (Å²) in [5.74, 6) is 0.180. The number of likely N-dealkylation sites (tertiary alicyclic amines) is 1. The molecule has 1 aromatic heterocycles. The Labute approximate surface area is 166 Å². The summed E-state index contributed by atoms with van der Waals surface area (Å²) < 4.78 is 47.7. The van der Waals surface area contributed by atoms with Crippen LogP contribution in [0, 0.1) is 12.9 Å². The molecule has 1 atom stereocenters. The number of rotatable bonds is 7. The second-order valence-electron chi connectivity index (χ2n) is 6.75. The van der Waals surface area contributed by atoms with E-state index in [9.17, 15) is 12.8 Å². The van der Waals surface area contributed by atoms with Gasteiger partial charge in [0.05, 0.1) is 11.1 Å². The first-order chi connectivity index (χ1) is 13.3. The van der Waals surface area contributed by atoms with Crippen molar-refractivity contribution >= 4 is 10.1 Å². The van der Waals surface area contributed by atoms with Gasteiger partial charge in [0.1, 0.15) is 12.4 Å². The van der Waals surface area contributed by atoms with E-state index < -0.39 is 16.1 Å². The summed E-state index contributed by atoms with van der Waals surface area (Å²) in [5, 5.41) is 0. The van der Waals surface area contributed by atoms with Crippen molar-refractivity contribution in [3.63, 3.8) is 0 Å². The molecular formula is C20H27FN2O4S. The monoisotopic (exact) mass is 410 g/mol. The van der Waals surface area contributed by atoms with Gasteiger partial charge in [0.25, 0.3) is 10.1 Å². The highest BCUT2D eigenvalue weighted by Gasteiger charge is 2.27. The van der Waals surface area contributed by atoms with E-state index >= 15 is 0 Å². The lowest BCUT2D eigenvalue weighted by Crippen LogP contribution is -2.51. The molecule has 1 aliphatic rings. The highest BCUT2D eigenvalue weighted by atomic mass is 32.2. The van der Waals surface area contributed by atoms with Gasteiger partial charge >= 0.3 is 0 Å². The number of aromatic nitrogens is 1. The summed E-state index contributed by atoms with van der Waals surface area (Å²) in [7, 11) is -4.02. The second kappa shape index (κ2) is 10.5. The molecule has 8 heteroatoms. The molecule has 1 aromatic carbocycles. The van der Waals surface area contributed by atoms with Gasteiger partial charge in [-0.3, -0.25) is 9.45 Å². The number of nitrogens with zero attached hydrogens (tertiary/aromatic N) is 2. The van der Waals surface area contributed by atoms with Crippen molar-refractivity contribution in [3.05, 3.63) is 54.1 Å². The molecule has 154 valence electrons. The number of hydrogen-bond acceptors (Lipinski definition) is 5. The lowest BCUT2D eigenvalue weighted by Gasteiger charge is -2.40. The fourth-order valence-corrected chi connectivity index (χ4v) is 3.17. The maximum atomic E-state index is 12.6. The van der Waals surface area contributed by atoms with Gasteiger partial charge in [-0.15, -0.1) is 0 Å². The minimum Gasteiger partial charge on any atom is -0.490 e. The van der Waals surface area contributed by atoms with Crippen LogP contribution in [-0.4, -0.2) is 48.6 Å². The third kappa shape index (κ3) is 7.18. The molecule has 2 aromatic rings. The third-order valence-corrected chi connectivity index (χ3v) is 5.39. The minimum absolute atomic E-state index is 0.0666. The standard InChI is InChI=1S/C13H19FN2O.C7H8O3S/c1-2-3-7-16-8-6-11(16)10-17-12-4-5-13(14)15-9-12;1-6-2-4-7(5-3-6)11(8,9)10/h4-5,9,11H,2-3,6-8,10H2,1H3;2-5H,1H3,(H,8,9,10)/t11-;/m1./s1. The maximum Gasteiger partial charge on any atom is 0.294 e.